The van der Waals surface area contributed by atoms with Crippen LogP contribution in [0.15, 0.2) is 24.3 Å². The lowest BCUT2D eigenvalue weighted by Gasteiger charge is -2.22. The molecule has 0 unspecified atom stereocenters. The zero-order valence-electron chi connectivity index (χ0n) is 13.3. The predicted molar refractivity (Wildman–Crippen MR) is 84.5 cm³/mol. The molecule has 124 valence electrons. The fourth-order valence-corrected chi connectivity index (χ4v) is 2.72. The molecule has 0 bridgehead atoms. The maximum absolute atomic E-state index is 12.7. The molecule has 1 saturated carbocycles. The van der Waals surface area contributed by atoms with Crippen LogP contribution in [0.2, 0.25) is 0 Å². The number of nitrogens with one attached hydrogen (secondary N) is 2. The summed E-state index contributed by atoms with van der Waals surface area (Å²) in [6.45, 7) is 1.86. The Bertz CT molecular complexity index is 750. The second-order valence-electron chi connectivity index (χ2n) is 6.39. The monoisotopic (exact) mass is 326 g/mol. The van der Waals surface area contributed by atoms with Gasteiger partial charge in [-0.2, -0.15) is 5.26 Å². The molecule has 1 aliphatic heterocycles. The first-order valence-electron chi connectivity index (χ1n) is 7.85. The number of urea groups is 1. The quantitative estimate of drug-likeness (QED) is 0.783. The van der Waals surface area contributed by atoms with Gasteiger partial charge >= 0.3 is 6.03 Å². The molecule has 7 nitrogen and oxygen atoms in total. The number of carbonyl (C=O) groups excluding carboxylic acids is 3. The molecule has 2 fully saturated rings. The second-order valence-corrected chi connectivity index (χ2v) is 6.39. The average molecular weight is 326 g/mol. The summed E-state index contributed by atoms with van der Waals surface area (Å²) in [5.74, 6) is -0.319. The van der Waals surface area contributed by atoms with Gasteiger partial charge < -0.3 is 10.6 Å². The largest absolute Gasteiger partial charge is 0.354 e. The Kier molecular flexibility index (Phi) is 3.97. The van der Waals surface area contributed by atoms with Crippen molar-refractivity contribution in [2.75, 3.05) is 13.1 Å². The molecule has 1 aliphatic carbocycles. The van der Waals surface area contributed by atoms with Crippen molar-refractivity contribution in [2.45, 2.75) is 25.3 Å². The lowest BCUT2D eigenvalue weighted by molar-refractivity contribution is -0.134. The van der Waals surface area contributed by atoms with Crippen LogP contribution in [0.3, 0.4) is 0 Å². The first-order chi connectivity index (χ1) is 11.4. The molecule has 2 N–H and O–H groups in total. The van der Waals surface area contributed by atoms with E-state index in [2.05, 4.69) is 10.6 Å². The summed E-state index contributed by atoms with van der Waals surface area (Å²) in [4.78, 5) is 37.7. The van der Waals surface area contributed by atoms with Crippen molar-refractivity contribution in [1.29, 1.82) is 5.26 Å². The molecule has 0 radical (unpaired) electrons. The van der Waals surface area contributed by atoms with Gasteiger partial charge in [0.25, 0.3) is 5.91 Å². The maximum Gasteiger partial charge on any atom is 0.325 e. The van der Waals surface area contributed by atoms with Gasteiger partial charge in [-0.05, 0) is 43.4 Å². The van der Waals surface area contributed by atoms with Crippen LogP contribution < -0.4 is 10.6 Å². The summed E-state index contributed by atoms with van der Waals surface area (Å²) < 4.78 is 0. The van der Waals surface area contributed by atoms with Gasteiger partial charge in [0, 0.05) is 6.54 Å². The van der Waals surface area contributed by atoms with E-state index < -0.39 is 17.5 Å². The molecule has 1 saturated heterocycles. The minimum Gasteiger partial charge on any atom is -0.354 e. The summed E-state index contributed by atoms with van der Waals surface area (Å²) >= 11 is 0. The minimum atomic E-state index is -1.28. The first kappa shape index (κ1) is 16.0. The summed E-state index contributed by atoms with van der Waals surface area (Å²) in [6.07, 6.45) is 2.22. The molecular weight excluding hydrogens is 308 g/mol. The number of hydrogen-bond donors (Lipinski definition) is 2. The summed E-state index contributed by atoms with van der Waals surface area (Å²) in [5.41, 5.74) is -0.363. The highest BCUT2D eigenvalue weighted by Gasteiger charge is 2.49. The smallest absolute Gasteiger partial charge is 0.325 e. The molecule has 1 atom stereocenters. The van der Waals surface area contributed by atoms with E-state index in [1.807, 2.05) is 6.07 Å². The van der Waals surface area contributed by atoms with Crippen molar-refractivity contribution in [2.24, 2.45) is 5.92 Å². The third-order valence-electron chi connectivity index (χ3n) is 4.43. The van der Waals surface area contributed by atoms with Gasteiger partial charge in [0.1, 0.15) is 12.1 Å². The highest BCUT2D eigenvalue weighted by molar-refractivity contribution is 6.09. The van der Waals surface area contributed by atoms with Crippen LogP contribution in [0.5, 0.6) is 0 Å². The molecule has 0 spiro atoms. The van der Waals surface area contributed by atoms with E-state index in [4.69, 9.17) is 5.26 Å². The van der Waals surface area contributed by atoms with Crippen LogP contribution in [0.1, 0.15) is 30.9 Å². The minimum absolute atomic E-state index is 0.301. The summed E-state index contributed by atoms with van der Waals surface area (Å²) in [7, 11) is 0. The van der Waals surface area contributed by atoms with Crippen molar-refractivity contribution >= 4 is 17.8 Å². The third kappa shape index (κ3) is 2.95. The van der Waals surface area contributed by atoms with Crippen molar-refractivity contribution in [3.63, 3.8) is 0 Å². The van der Waals surface area contributed by atoms with E-state index in [9.17, 15) is 14.4 Å². The Balaban J connectivity index is 1.74. The van der Waals surface area contributed by atoms with Gasteiger partial charge in [-0.15, -0.1) is 0 Å². The van der Waals surface area contributed by atoms with E-state index >= 15 is 0 Å². The van der Waals surface area contributed by atoms with E-state index in [0.717, 1.165) is 17.7 Å². The third-order valence-corrected chi connectivity index (χ3v) is 4.43. The highest BCUT2D eigenvalue weighted by atomic mass is 16.2. The van der Waals surface area contributed by atoms with Crippen LogP contribution in [0, 0.1) is 17.2 Å². The number of benzene rings is 1. The van der Waals surface area contributed by atoms with Crippen LogP contribution in [-0.2, 0) is 15.1 Å². The van der Waals surface area contributed by atoms with E-state index in [0.29, 0.717) is 23.6 Å². The second kappa shape index (κ2) is 5.96. The Morgan fingerprint density at radius 2 is 2.21 bits per heavy atom. The number of imide groups is 1. The Morgan fingerprint density at radius 1 is 1.46 bits per heavy atom. The molecular formula is C17H18N4O3. The lowest BCUT2D eigenvalue weighted by atomic mass is 9.91. The SMILES string of the molecule is C[C@]1(c2cccc(C#N)c2)NC(=O)N(CC(=O)NCC2CC2)C1=O. The van der Waals surface area contributed by atoms with Crippen LogP contribution >= 0.6 is 0 Å². The Morgan fingerprint density at radius 3 is 2.88 bits per heavy atom. The fourth-order valence-electron chi connectivity index (χ4n) is 2.72. The molecule has 1 heterocycles. The van der Waals surface area contributed by atoms with Gasteiger partial charge in [0.15, 0.2) is 0 Å². The molecule has 7 heteroatoms. The molecule has 0 aromatic heterocycles. The zero-order chi connectivity index (χ0) is 17.3. The zero-order valence-corrected chi connectivity index (χ0v) is 13.3. The topological polar surface area (TPSA) is 102 Å². The first-order valence-corrected chi connectivity index (χ1v) is 7.85. The van der Waals surface area contributed by atoms with Crippen molar-refractivity contribution in [3.05, 3.63) is 35.4 Å². The van der Waals surface area contributed by atoms with Crippen LogP contribution in [-0.4, -0.2) is 35.8 Å². The Labute approximate surface area is 139 Å². The number of amides is 4. The number of rotatable bonds is 5. The van der Waals surface area contributed by atoms with Crippen molar-refractivity contribution in [1.82, 2.24) is 15.5 Å². The molecule has 4 amide bonds. The number of nitrogens with zero attached hydrogens (tertiary/aromatic N) is 2. The average Bonchev–Trinajstić information content (AvgIpc) is 3.38. The normalized spacial score (nSPS) is 22.9. The van der Waals surface area contributed by atoms with Crippen LogP contribution in [0.25, 0.3) is 0 Å². The summed E-state index contributed by atoms with van der Waals surface area (Å²) in [5, 5.41) is 14.4. The van der Waals surface area contributed by atoms with Crippen molar-refractivity contribution in [3.8, 4) is 6.07 Å². The predicted octanol–water partition coefficient (Wildman–Crippen LogP) is 0.851. The van der Waals surface area contributed by atoms with Crippen molar-refractivity contribution < 1.29 is 14.4 Å². The van der Waals surface area contributed by atoms with Gasteiger partial charge in [-0.25, -0.2) is 4.79 Å². The Hall–Kier alpha value is -2.88. The van der Waals surface area contributed by atoms with E-state index in [-0.39, 0.29) is 12.5 Å². The van der Waals surface area contributed by atoms with Crippen LogP contribution in [0.4, 0.5) is 4.79 Å². The van der Waals surface area contributed by atoms with E-state index in [1.54, 1.807) is 31.2 Å². The fraction of sp³-hybridized carbons (Fsp3) is 0.412. The van der Waals surface area contributed by atoms with Gasteiger partial charge in [-0.1, -0.05) is 12.1 Å². The number of carbonyl (C=O) groups is 3. The van der Waals surface area contributed by atoms with Gasteiger partial charge in [0.05, 0.1) is 11.6 Å². The standard InChI is InChI=1S/C17H18N4O3/c1-17(13-4-2-3-12(7-13)8-18)15(23)21(16(24)20-17)10-14(22)19-9-11-5-6-11/h2-4,7,11H,5-6,9-10H2,1H3,(H,19,22)(H,20,24)/t17-/m1/s1. The van der Waals surface area contributed by atoms with Gasteiger partial charge in [-0.3, -0.25) is 14.5 Å². The maximum atomic E-state index is 12.7. The number of hydrogen-bond acceptors (Lipinski definition) is 4. The molecule has 1 aromatic carbocycles. The van der Waals surface area contributed by atoms with Gasteiger partial charge in [0.2, 0.25) is 5.91 Å². The molecule has 3 rings (SSSR count). The lowest BCUT2D eigenvalue weighted by Crippen LogP contribution is -2.43. The molecule has 2 aliphatic rings. The molecule has 24 heavy (non-hydrogen) atoms. The summed E-state index contributed by atoms with van der Waals surface area (Å²) in [6, 6.07) is 7.92. The van der Waals surface area contributed by atoms with E-state index in [1.165, 1.54) is 0 Å². The molecule has 1 aromatic rings. The number of nitriles is 1. The highest BCUT2D eigenvalue weighted by Crippen LogP contribution is 2.29.